The van der Waals surface area contributed by atoms with Crippen molar-refractivity contribution in [1.82, 2.24) is 15.0 Å². The van der Waals surface area contributed by atoms with Crippen LogP contribution in [0.2, 0.25) is 0 Å². The van der Waals surface area contributed by atoms with Crippen LogP contribution in [0.5, 0.6) is 5.75 Å². The predicted molar refractivity (Wildman–Crippen MR) is 207 cm³/mol. The van der Waals surface area contributed by atoms with Crippen LogP contribution in [0.25, 0.3) is 44.7 Å². The lowest BCUT2D eigenvalue weighted by Crippen LogP contribution is -2.17. The van der Waals surface area contributed by atoms with Gasteiger partial charge in [-0.15, -0.1) is 0 Å². The van der Waals surface area contributed by atoms with Gasteiger partial charge in [0, 0.05) is 34.0 Å². The molecule has 2 aromatic heterocycles. The van der Waals surface area contributed by atoms with E-state index in [0.29, 0.717) is 11.4 Å². The van der Waals surface area contributed by atoms with Crippen LogP contribution in [0.1, 0.15) is 52.7 Å². The van der Waals surface area contributed by atoms with Gasteiger partial charge in [-0.2, -0.15) is 0 Å². The second kappa shape index (κ2) is 12.9. The zero-order valence-corrected chi connectivity index (χ0v) is 29.5. The zero-order chi connectivity index (χ0) is 35.0. The molecule has 0 amide bonds. The molecule has 0 aliphatic heterocycles. The highest BCUT2D eigenvalue weighted by molar-refractivity contribution is 5.98. The number of nitrogens with zero attached hydrogens (tertiary/aromatic N) is 4. The highest BCUT2D eigenvalue weighted by Crippen LogP contribution is 2.43. The molecular formula is C45H42N4O. The van der Waals surface area contributed by atoms with Gasteiger partial charge >= 0.3 is 0 Å². The lowest BCUT2D eigenvalue weighted by Gasteiger charge is -2.27. The average molecular weight is 655 g/mol. The van der Waals surface area contributed by atoms with E-state index in [4.69, 9.17) is 15.0 Å². The number of fused-ring (bicyclic) bond motifs is 1. The highest BCUT2D eigenvalue weighted by Gasteiger charge is 2.27. The first-order valence-corrected chi connectivity index (χ1v) is 17.1. The molecule has 0 aliphatic rings. The van der Waals surface area contributed by atoms with Crippen molar-refractivity contribution in [2.24, 2.45) is 0 Å². The molecule has 2 heterocycles. The third kappa shape index (κ3) is 6.47. The number of hydrogen-bond acceptors (Lipinski definition) is 5. The van der Waals surface area contributed by atoms with Gasteiger partial charge in [0.15, 0.2) is 5.82 Å². The van der Waals surface area contributed by atoms with Crippen LogP contribution in [0, 0.1) is 0 Å². The fourth-order valence-corrected chi connectivity index (χ4v) is 6.37. The van der Waals surface area contributed by atoms with E-state index in [2.05, 4.69) is 137 Å². The third-order valence-electron chi connectivity index (χ3n) is 9.11. The lowest BCUT2D eigenvalue weighted by atomic mass is 9.79. The van der Waals surface area contributed by atoms with Gasteiger partial charge in [0.2, 0.25) is 0 Å². The number of hydrogen-bond donors (Lipinski definition) is 1. The summed E-state index contributed by atoms with van der Waals surface area (Å²) in [6.45, 7) is 12.9. The van der Waals surface area contributed by atoms with Gasteiger partial charge in [0.25, 0.3) is 0 Å². The van der Waals surface area contributed by atoms with Gasteiger partial charge in [-0.05, 0) is 64.2 Å². The van der Waals surface area contributed by atoms with Gasteiger partial charge in [-0.25, -0.2) is 15.0 Å². The number of rotatable bonds is 6. The van der Waals surface area contributed by atoms with Crippen molar-refractivity contribution in [3.8, 4) is 39.7 Å². The fraction of sp³-hybridized carbons (Fsp3) is 0.178. The molecule has 0 spiro atoms. The maximum absolute atomic E-state index is 11.9. The van der Waals surface area contributed by atoms with Crippen molar-refractivity contribution in [3.05, 3.63) is 151 Å². The Balaban J connectivity index is 1.45. The molecule has 0 radical (unpaired) electrons. The van der Waals surface area contributed by atoms with E-state index in [-0.39, 0.29) is 16.6 Å². The quantitative estimate of drug-likeness (QED) is 0.193. The van der Waals surface area contributed by atoms with Crippen molar-refractivity contribution in [2.75, 3.05) is 4.90 Å². The molecule has 0 atom stereocenters. The monoisotopic (exact) mass is 654 g/mol. The molecule has 50 heavy (non-hydrogen) atoms. The van der Waals surface area contributed by atoms with Crippen LogP contribution in [-0.4, -0.2) is 20.1 Å². The van der Waals surface area contributed by atoms with Gasteiger partial charge < -0.3 is 5.11 Å². The largest absolute Gasteiger partial charge is 0.507 e. The smallest absolute Gasteiger partial charge is 0.164 e. The van der Waals surface area contributed by atoms with E-state index in [1.807, 2.05) is 48.7 Å². The Hall–Kier alpha value is -5.81. The molecule has 0 bridgehead atoms. The minimum absolute atomic E-state index is 0.146. The van der Waals surface area contributed by atoms with Gasteiger partial charge in [0.1, 0.15) is 11.6 Å². The first-order chi connectivity index (χ1) is 24.0. The van der Waals surface area contributed by atoms with Crippen LogP contribution in [-0.2, 0) is 10.8 Å². The zero-order valence-electron chi connectivity index (χ0n) is 29.5. The first-order valence-electron chi connectivity index (χ1n) is 17.1. The van der Waals surface area contributed by atoms with Crippen LogP contribution in [0.4, 0.5) is 17.2 Å². The Kier molecular flexibility index (Phi) is 8.44. The standard InChI is InChI=1S/C45H42N4O/c1-44(2,3)33-27-36(42(50)37(28-33)45(4,5)6)43-47-38(31-17-8-7-9-18-31)29-39(48-43)32-20-14-21-34(26-32)49(41-24-12-13-25-46-41)40-23-15-19-30-16-10-11-22-35(30)40/h7-29,50H,1-6H3. The number of anilines is 3. The average Bonchev–Trinajstić information content (AvgIpc) is 3.12. The van der Waals surface area contributed by atoms with Gasteiger partial charge in [-0.1, -0.05) is 133 Å². The van der Waals surface area contributed by atoms with Crippen molar-refractivity contribution < 1.29 is 5.11 Å². The van der Waals surface area contributed by atoms with Crippen molar-refractivity contribution >= 4 is 28.0 Å². The molecule has 5 heteroatoms. The Morgan fingerprint density at radius 2 is 1.24 bits per heavy atom. The van der Waals surface area contributed by atoms with E-state index in [1.54, 1.807) is 0 Å². The number of phenols is 1. The molecule has 248 valence electrons. The highest BCUT2D eigenvalue weighted by atomic mass is 16.3. The minimum Gasteiger partial charge on any atom is -0.507 e. The van der Waals surface area contributed by atoms with Crippen molar-refractivity contribution in [2.45, 2.75) is 52.4 Å². The summed E-state index contributed by atoms with van der Waals surface area (Å²) < 4.78 is 0. The maximum atomic E-state index is 11.9. The van der Waals surface area contributed by atoms with Crippen LogP contribution < -0.4 is 4.90 Å². The molecule has 5 aromatic carbocycles. The minimum atomic E-state index is -0.287. The van der Waals surface area contributed by atoms with E-state index < -0.39 is 0 Å². The summed E-state index contributed by atoms with van der Waals surface area (Å²) in [4.78, 5) is 17.3. The molecule has 0 fully saturated rings. The number of aromatic hydroxyl groups is 1. The topological polar surface area (TPSA) is 62.1 Å². The number of benzene rings is 5. The Labute approximate surface area is 295 Å². The number of pyridine rings is 1. The summed E-state index contributed by atoms with van der Waals surface area (Å²) in [5, 5.41) is 14.1. The second-order valence-corrected chi connectivity index (χ2v) is 14.8. The van der Waals surface area contributed by atoms with Crippen LogP contribution >= 0.6 is 0 Å². The molecular weight excluding hydrogens is 613 g/mol. The number of aromatic nitrogens is 3. The molecule has 7 aromatic rings. The summed E-state index contributed by atoms with van der Waals surface area (Å²) in [6.07, 6.45) is 1.82. The summed E-state index contributed by atoms with van der Waals surface area (Å²) in [5.74, 6) is 1.51. The SMILES string of the molecule is CC(C)(C)c1cc(-c2nc(-c3ccccc3)cc(-c3cccc(N(c4ccccn4)c4cccc5ccccc45)c3)n2)c(O)c(C(C)(C)C)c1. The van der Waals surface area contributed by atoms with E-state index in [9.17, 15) is 5.11 Å². The van der Waals surface area contributed by atoms with E-state index in [0.717, 1.165) is 61.6 Å². The Morgan fingerprint density at radius 1 is 0.580 bits per heavy atom. The third-order valence-corrected chi connectivity index (χ3v) is 9.11. The predicted octanol–water partition coefficient (Wildman–Crippen LogP) is 11.8. The Bertz CT molecular complexity index is 2300. The number of phenolic OH excluding ortho intramolecular Hbond substituents is 1. The van der Waals surface area contributed by atoms with Crippen molar-refractivity contribution in [3.63, 3.8) is 0 Å². The van der Waals surface area contributed by atoms with E-state index in [1.165, 1.54) is 0 Å². The normalized spacial score (nSPS) is 11.9. The van der Waals surface area contributed by atoms with Crippen molar-refractivity contribution in [1.29, 1.82) is 0 Å². The van der Waals surface area contributed by atoms with Crippen LogP contribution in [0.3, 0.4) is 0 Å². The molecule has 0 saturated heterocycles. The van der Waals surface area contributed by atoms with Gasteiger partial charge in [0.05, 0.1) is 22.6 Å². The molecule has 7 rings (SSSR count). The van der Waals surface area contributed by atoms with Crippen LogP contribution in [0.15, 0.2) is 140 Å². The lowest BCUT2D eigenvalue weighted by molar-refractivity contribution is 0.446. The molecule has 0 saturated carbocycles. The summed E-state index contributed by atoms with van der Waals surface area (Å²) in [7, 11) is 0. The summed E-state index contributed by atoms with van der Waals surface area (Å²) in [6, 6.07) is 45.5. The Morgan fingerprint density at radius 3 is 1.96 bits per heavy atom. The van der Waals surface area contributed by atoms with E-state index >= 15 is 0 Å². The molecule has 5 nitrogen and oxygen atoms in total. The molecule has 1 N–H and O–H groups in total. The maximum Gasteiger partial charge on any atom is 0.164 e. The van der Waals surface area contributed by atoms with Gasteiger partial charge in [-0.3, -0.25) is 4.90 Å². The summed E-state index contributed by atoms with van der Waals surface area (Å²) in [5.41, 5.74) is 7.61. The second-order valence-electron chi connectivity index (χ2n) is 14.8. The molecule has 0 unspecified atom stereocenters. The summed E-state index contributed by atoms with van der Waals surface area (Å²) >= 11 is 0. The fourth-order valence-electron chi connectivity index (χ4n) is 6.37. The first kappa shape index (κ1) is 32.7. The molecule has 0 aliphatic carbocycles.